The lowest BCUT2D eigenvalue weighted by Gasteiger charge is -2.13. The van der Waals surface area contributed by atoms with Gasteiger partial charge in [-0.15, -0.1) is 0 Å². The maximum Gasteiger partial charge on any atom is 0.435 e. The minimum Gasteiger partial charge on any atom is -0.348 e. The van der Waals surface area contributed by atoms with E-state index in [4.69, 9.17) is 0 Å². The van der Waals surface area contributed by atoms with Gasteiger partial charge in [-0.05, 0) is 31.9 Å². The van der Waals surface area contributed by atoms with Gasteiger partial charge in [0.15, 0.2) is 5.69 Å². The van der Waals surface area contributed by atoms with E-state index in [-0.39, 0.29) is 11.7 Å². The second-order valence-electron chi connectivity index (χ2n) is 5.02. The van der Waals surface area contributed by atoms with Crippen LogP contribution in [0.1, 0.15) is 42.0 Å². The Morgan fingerprint density at radius 3 is 2.67 bits per heavy atom. The third-order valence-corrected chi connectivity index (χ3v) is 3.24. The molecule has 1 unspecified atom stereocenters. The van der Waals surface area contributed by atoms with E-state index in [0.29, 0.717) is 6.42 Å². The van der Waals surface area contributed by atoms with E-state index in [1.807, 2.05) is 6.92 Å². The van der Waals surface area contributed by atoms with Crippen molar-refractivity contribution in [1.82, 2.24) is 14.7 Å². The standard InChI is InChI=1S/C14H16F3N3O/c1-4-9(3)18-13(21)11-12(14(15,16)17)19-10-6-5-8(2)7-20(10)11/h5-7,9H,4H2,1-3H3,(H,18,21). The Kier molecular flexibility index (Phi) is 3.93. The van der Waals surface area contributed by atoms with Crippen LogP contribution in [0.5, 0.6) is 0 Å². The summed E-state index contributed by atoms with van der Waals surface area (Å²) >= 11 is 0. The number of carbonyl (C=O) groups excluding carboxylic acids is 1. The van der Waals surface area contributed by atoms with Gasteiger partial charge in [-0.2, -0.15) is 13.2 Å². The highest BCUT2D eigenvalue weighted by Crippen LogP contribution is 2.32. The minimum absolute atomic E-state index is 0.0993. The number of fused-ring (bicyclic) bond motifs is 1. The second kappa shape index (κ2) is 5.38. The van der Waals surface area contributed by atoms with Crippen LogP contribution >= 0.6 is 0 Å². The lowest BCUT2D eigenvalue weighted by atomic mass is 10.2. The monoisotopic (exact) mass is 299 g/mol. The van der Waals surface area contributed by atoms with Gasteiger partial charge in [0.2, 0.25) is 0 Å². The van der Waals surface area contributed by atoms with Gasteiger partial charge in [0.1, 0.15) is 11.3 Å². The summed E-state index contributed by atoms with van der Waals surface area (Å²) in [5.74, 6) is -0.769. The number of nitrogens with one attached hydrogen (secondary N) is 1. The van der Waals surface area contributed by atoms with Gasteiger partial charge in [0, 0.05) is 12.2 Å². The molecule has 0 aromatic carbocycles. The van der Waals surface area contributed by atoms with Crippen LogP contribution in [-0.2, 0) is 6.18 Å². The summed E-state index contributed by atoms with van der Waals surface area (Å²) < 4.78 is 40.5. The number of halogens is 3. The van der Waals surface area contributed by atoms with E-state index < -0.39 is 23.5 Å². The fourth-order valence-electron chi connectivity index (χ4n) is 1.96. The van der Waals surface area contributed by atoms with E-state index >= 15 is 0 Å². The molecule has 2 aromatic heterocycles. The molecule has 0 aliphatic rings. The van der Waals surface area contributed by atoms with Crippen molar-refractivity contribution in [3.8, 4) is 0 Å². The molecule has 114 valence electrons. The quantitative estimate of drug-likeness (QED) is 0.946. The normalized spacial score (nSPS) is 13.4. The molecule has 0 saturated carbocycles. The van der Waals surface area contributed by atoms with Crippen molar-refractivity contribution in [2.75, 3.05) is 0 Å². The maximum absolute atomic E-state index is 13.1. The molecular formula is C14H16F3N3O. The first-order valence-electron chi connectivity index (χ1n) is 6.60. The first-order valence-corrected chi connectivity index (χ1v) is 6.60. The van der Waals surface area contributed by atoms with Gasteiger partial charge >= 0.3 is 6.18 Å². The lowest BCUT2D eigenvalue weighted by molar-refractivity contribution is -0.141. The number of alkyl halides is 3. The van der Waals surface area contributed by atoms with E-state index in [9.17, 15) is 18.0 Å². The third-order valence-electron chi connectivity index (χ3n) is 3.24. The predicted molar refractivity (Wildman–Crippen MR) is 72.2 cm³/mol. The Bertz CT molecular complexity index is 676. The van der Waals surface area contributed by atoms with Crippen molar-refractivity contribution in [2.24, 2.45) is 0 Å². The highest BCUT2D eigenvalue weighted by Gasteiger charge is 2.40. The highest BCUT2D eigenvalue weighted by molar-refractivity contribution is 5.95. The topological polar surface area (TPSA) is 46.4 Å². The number of hydrogen-bond acceptors (Lipinski definition) is 2. The molecule has 0 bridgehead atoms. The minimum atomic E-state index is -4.68. The van der Waals surface area contributed by atoms with Crippen molar-refractivity contribution < 1.29 is 18.0 Å². The van der Waals surface area contributed by atoms with Crippen molar-refractivity contribution in [2.45, 2.75) is 39.4 Å². The Balaban J connectivity index is 2.62. The molecule has 2 rings (SSSR count). The largest absolute Gasteiger partial charge is 0.435 e. The molecule has 4 nitrogen and oxygen atoms in total. The maximum atomic E-state index is 13.1. The van der Waals surface area contributed by atoms with Crippen molar-refractivity contribution >= 4 is 11.6 Å². The average molecular weight is 299 g/mol. The molecule has 0 saturated heterocycles. The summed E-state index contributed by atoms with van der Waals surface area (Å²) in [4.78, 5) is 15.8. The number of nitrogens with zero attached hydrogens (tertiary/aromatic N) is 2. The highest BCUT2D eigenvalue weighted by atomic mass is 19.4. The predicted octanol–water partition coefficient (Wildman–Crippen LogP) is 3.19. The fourth-order valence-corrected chi connectivity index (χ4v) is 1.96. The van der Waals surface area contributed by atoms with Crippen LogP contribution in [0, 0.1) is 6.92 Å². The summed E-state index contributed by atoms with van der Waals surface area (Å²) in [6, 6.07) is 2.90. The molecule has 0 aliphatic heterocycles. The Labute approximate surface area is 120 Å². The number of imidazole rings is 1. The molecule has 0 fully saturated rings. The number of hydrogen-bond donors (Lipinski definition) is 1. The summed E-state index contributed by atoms with van der Waals surface area (Å²) in [5, 5.41) is 2.56. The molecule has 2 heterocycles. The molecule has 1 amide bonds. The van der Waals surface area contributed by atoms with Gasteiger partial charge in [0.05, 0.1) is 0 Å². The van der Waals surface area contributed by atoms with Crippen LogP contribution in [0.25, 0.3) is 5.65 Å². The zero-order chi connectivity index (χ0) is 15.8. The summed E-state index contributed by atoms with van der Waals surface area (Å²) in [5.41, 5.74) is -0.788. The summed E-state index contributed by atoms with van der Waals surface area (Å²) in [6.07, 6.45) is -2.58. The van der Waals surface area contributed by atoms with Crippen LogP contribution in [0.4, 0.5) is 13.2 Å². The molecule has 1 atom stereocenters. The zero-order valence-electron chi connectivity index (χ0n) is 12.0. The smallest absolute Gasteiger partial charge is 0.348 e. The van der Waals surface area contributed by atoms with Crippen LogP contribution in [-0.4, -0.2) is 21.3 Å². The first-order chi connectivity index (χ1) is 9.74. The molecule has 0 aliphatic carbocycles. The third kappa shape index (κ3) is 3.01. The molecule has 2 aromatic rings. The number of pyridine rings is 1. The van der Waals surface area contributed by atoms with Crippen molar-refractivity contribution in [3.05, 3.63) is 35.3 Å². The van der Waals surface area contributed by atoms with Gasteiger partial charge in [0.25, 0.3) is 5.91 Å². The Morgan fingerprint density at radius 2 is 2.10 bits per heavy atom. The molecule has 1 N–H and O–H groups in total. The van der Waals surface area contributed by atoms with Gasteiger partial charge in [-0.1, -0.05) is 13.0 Å². The SMILES string of the molecule is CCC(C)NC(=O)c1c(C(F)(F)F)nc2ccc(C)cn12. The van der Waals surface area contributed by atoms with E-state index in [1.165, 1.54) is 16.7 Å². The van der Waals surface area contributed by atoms with Gasteiger partial charge in [-0.25, -0.2) is 4.98 Å². The van der Waals surface area contributed by atoms with Crippen molar-refractivity contribution in [1.29, 1.82) is 0 Å². The number of rotatable bonds is 3. The number of aryl methyl sites for hydroxylation is 1. The summed E-state index contributed by atoms with van der Waals surface area (Å²) in [6.45, 7) is 5.32. The molecule has 21 heavy (non-hydrogen) atoms. The zero-order valence-corrected chi connectivity index (χ0v) is 12.0. The first kappa shape index (κ1) is 15.3. The van der Waals surface area contributed by atoms with E-state index in [0.717, 1.165) is 5.56 Å². The summed E-state index contributed by atoms with van der Waals surface area (Å²) in [7, 11) is 0. The van der Waals surface area contributed by atoms with Gasteiger partial charge < -0.3 is 5.32 Å². The van der Waals surface area contributed by atoms with Crippen LogP contribution < -0.4 is 5.32 Å². The average Bonchev–Trinajstić information content (AvgIpc) is 2.76. The Hall–Kier alpha value is -2.05. The molecule has 0 radical (unpaired) electrons. The van der Waals surface area contributed by atoms with Gasteiger partial charge in [-0.3, -0.25) is 9.20 Å². The van der Waals surface area contributed by atoms with Crippen molar-refractivity contribution in [3.63, 3.8) is 0 Å². The molecule has 0 spiro atoms. The van der Waals surface area contributed by atoms with Crippen LogP contribution in [0.15, 0.2) is 18.3 Å². The van der Waals surface area contributed by atoms with E-state index in [2.05, 4.69) is 10.3 Å². The number of aromatic nitrogens is 2. The second-order valence-corrected chi connectivity index (χ2v) is 5.02. The Morgan fingerprint density at radius 1 is 1.43 bits per heavy atom. The van der Waals surface area contributed by atoms with Crippen LogP contribution in [0.3, 0.4) is 0 Å². The fraction of sp³-hybridized carbons (Fsp3) is 0.429. The van der Waals surface area contributed by atoms with E-state index in [1.54, 1.807) is 19.9 Å². The number of carbonyl (C=O) groups is 1. The van der Waals surface area contributed by atoms with Crippen LogP contribution in [0.2, 0.25) is 0 Å². The molecular weight excluding hydrogens is 283 g/mol. The lowest BCUT2D eigenvalue weighted by Crippen LogP contribution is -2.34. The number of amides is 1. The molecule has 7 heteroatoms.